The average Bonchev–Trinajstić information content (AvgIpc) is 2.46. The van der Waals surface area contributed by atoms with Gasteiger partial charge in [-0.3, -0.25) is 10.1 Å². The maximum atomic E-state index is 10.7. The molecule has 20 heavy (non-hydrogen) atoms. The van der Waals surface area contributed by atoms with Crippen LogP contribution in [0, 0.1) is 17.0 Å². The summed E-state index contributed by atoms with van der Waals surface area (Å²) in [5, 5.41) is 22.9. The first kappa shape index (κ1) is 14.0. The standard InChI is InChI=1S/C15H16N2O3/c1-11-8-14(17(19)20)6-7-15(11)16-9-12-2-4-13(10-18)5-3-12/h2-8,16,18H,9-10H2,1H3. The van der Waals surface area contributed by atoms with Gasteiger partial charge in [-0.25, -0.2) is 0 Å². The molecule has 0 aliphatic rings. The molecule has 5 heteroatoms. The Labute approximate surface area is 117 Å². The van der Waals surface area contributed by atoms with Crippen LogP contribution in [0.15, 0.2) is 42.5 Å². The Morgan fingerprint density at radius 2 is 1.80 bits per heavy atom. The molecule has 2 N–H and O–H groups in total. The van der Waals surface area contributed by atoms with Gasteiger partial charge in [0.2, 0.25) is 0 Å². The highest BCUT2D eigenvalue weighted by molar-refractivity contribution is 5.55. The molecule has 0 atom stereocenters. The zero-order chi connectivity index (χ0) is 14.5. The molecule has 2 aromatic carbocycles. The smallest absolute Gasteiger partial charge is 0.269 e. The number of hydrogen-bond donors (Lipinski definition) is 2. The molecular formula is C15H16N2O3. The molecule has 0 unspecified atom stereocenters. The number of nitro benzene ring substituents is 1. The van der Waals surface area contributed by atoms with Gasteiger partial charge in [-0.1, -0.05) is 24.3 Å². The Bertz CT molecular complexity index is 609. The molecule has 0 radical (unpaired) electrons. The van der Waals surface area contributed by atoms with Gasteiger partial charge in [0.15, 0.2) is 0 Å². The maximum Gasteiger partial charge on any atom is 0.269 e. The molecule has 0 fully saturated rings. The summed E-state index contributed by atoms with van der Waals surface area (Å²) >= 11 is 0. The van der Waals surface area contributed by atoms with Crippen molar-refractivity contribution in [3.63, 3.8) is 0 Å². The molecule has 0 bridgehead atoms. The first-order chi connectivity index (χ1) is 9.60. The average molecular weight is 272 g/mol. The molecular weight excluding hydrogens is 256 g/mol. The lowest BCUT2D eigenvalue weighted by molar-refractivity contribution is -0.384. The van der Waals surface area contributed by atoms with Crippen molar-refractivity contribution in [2.75, 3.05) is 5.32 Å². The van der Waals surface area contributed by atoms with Gasteiger partial charge >= 0.3 is 0 Å². The number of nitrogens with one attached hydrogen (secondary N) is 1. The third-order valence-corrected chi connectivity index (χ3v) is 3.11. The van der Waals surface area contributed by atoms with Crippen LogP contribution in [0.5, 0.6) is 0 Å². The fourth-order valence-electron chi connectivity index (χ4n) is 1.92. The third kappa shape index (κ3) is 3.33. The highest BCUT2D eigenvalue weighted by Crippen LogP contribution is 2.21. The van der Waals surface area contributed by atoms with E-state index in [1.807, 2.05) is 31.2 Å². The van der Waals surface area contributed by atoms with Crippen LogP contribution >= 0.6 is 0 Å². The molecule has 0 heterocycles. The summed E-state index contributed by atoms with van der Waals surface area (Å²) in [5.41, 5.74) is 3.77. The Morgan fingerprint density at radius 1 is 1.15 bits per heavy atom. The summed E-state index contributed by atoms with van der Waals surface area (Å²) in [5.74, 6) is 0. The number of aliphatic hydroxyl groups excluding tert-OH is 1. The Balaban J connectivity index is 2.04. The lowest BCUT2D eigenvalue weighted by Crippen LogP contribution is -2.01. The van der Waals surface area contributed by atoms with Gasteiger partial charge in [-0.15, -0.1) is 0 Å². The van der Waals surface area contributed by atoms with Crippen LogP contribution in [0.25, 0.3) is 0 Å². The van der Waals surface area contributed by atoms with Crippen LogP contribution in [0.1, 0.15) is 16.7 Å². The Morgan fingerprint density at radius 3 is 2.35 bits per heavy atom. The minimum atomic E-state index is -0.398. The predicted octanol–water partition coefficient (Wildman–Crippen LogP) is 3.01. The minimum Gasteiger partial charge on any atom is -0.392 e. The summed E-state index contributed by atoms with van der Waals surface area (Å²) in [6.07, 6.45) is 0. The molecule has 2 rings (SSSR count). The van der Waals surface area contributed by atoms with E-state index in [-0.39, 0.29) is 12.3 Å². The predicted molar refractivity (Wildman–Crippen MR) is 77.5 cm³/mol. The number of nitrogens with zero attached hydrogens (tertiary/aromatic N) is 1. The molecule has 0 aliphatic heterocycles. The number of hydrogen-bond acceptors (Lipinski definition) is 4. The van der Waals surface area contributed by atoms with Crippen molar-refractivity contribution < 1.29 is 10.0 Å². The number of aryl methyl sites for hydroxylation is 1. The molecule has 5 nitrogen and oxygen atoms in total. The molecule has 2 aromatic rings. The first-order valence-electron chi connectivity index (χ1n) is 6.28. The number of non-ortho nitro benzene ring substituents is 1. The van der Waals surface area contributed by atoms with E-state index < -0.39 is 4.92 Å². The van der Waals surface area contributed by atoms with Gasteiger partial charge in [0.1, 0.15) is 0 Å². The zero-order valence-corrected chi connectivity index (χ0v) is 11.2. The second-order valence-electron chi connectivity index (χ2n) is 4.58. The second kappa shape index (κ2) is 6.16. The van der Waals surface area contributed by atoms with Crippen molar-refractivity contribution in [1.82, 2.24) is 0 Å². The van der Waals surface area contributed by atoms with E-state index in [1.54, 1.807) is 12.1 Å². The van der Waals surface area contributed by atoms with Gasteiger partial charge in [0, 0.05) is 24.4 Å². The van der Waals surface area contributed by atoms with Gasteiger partial charge in [-0.05, 0) is 29.7 Å². The largest absolute Gasteiger partial charge is 0.392 e. The van der Waals surface area contributed by atoms with E-state index in [0.29, 0.717) is 6.54 Å². The summed E-state index contributed by atoms with van der Waals surface area (Å²) in [6, 6.07) is 12.4. The summed E-state index contributed by atoms with van der Waals surface area (Å²) in [7, 11) is 0. The third-order valence-electron chi connectivity index (χ3n) is 3.11. The van der Waals surface area contributed by atoms with E-state index in [9.17, 15) is 10.1 Å². The second-order valence-corrected chi connectivity index (χ2v) is 4.58. The summed E-state index contributed by atoms with van der Waals surface area (Å²) < 4.78 is 0. The van der Waals surface area contributed by atoms with Crippen molar-refractivity contribution in [2.45, 2.75) is 20.1 Å². The van der Waals surface area contributed by atoms with Gasteiger partial charge in [-0.2, -0.15) is 0 Å². The molecule has 0 aromatic heterocycles. The fraction of sp³-hybridized carbons (Fsp3) is 0.200. The molecule has 104 valence electrons. The molecule has 0 spiro atoms. The van der Waals surface area contributed by atoms with Crippen LogP contribution in [-0.4, -0.2) is 10.0 Å². The van der Waals surface area contributed by atoms with Gasteiger partial charge < -0.3 is 10.4 Å². The Hall–Kier alpha value is -2.40. The normalized spacial score (nSPS) is 10.3. The highest BCUT2D eigenvalue weighted by atomic mass is 16.6. The van der Waals surface area contributed by atoms with Crippen molar-refractivity contribution in [2.24, 2.45) is 0 Å². The highest BCUT2D eigenvalue weighted by Gasteiger charge is 2.07. The van der Waals surface area contributed by atoms with E-state index in [2.05, 4.69) is 5.32 Å². The van der Waals surface area contributed by atoms with Crippen LogP contribution in [0.3, 0.4) is 0 Å². The lowest BCUT2D eigenvalue weighted by Gasteiger charge is -2.09. The van der Waals surface area contributed by atoms with Crippen molar-refractivity contribution >= 4 is 11.4 Å². The lowest BCUT2D eigenvalue weighted by atomic mass is 10.1. The van der Waals surface area contributed by atoms with Crippen LogP contribution in [0.4, 0.5) is 11.4 Å². The number of aliphatic hydroxyl groups is 1. The number of anilines is 1. The van der Waals surface area contributed by atoms with E-state index in [1.165, 1.54) is 6.07 Å². The summed E-state index contributed by atoms with van der Waals surface area (Å²) in [6.45, 7) is 2.50. The van der Waals surface area contributed by atoms with Crippen molar-refractivity contribution in [3.05, 3.63) is 69.3 Å². The molecule has 0 saturated carbocycles. The van der Waals surface area contributed by atoms with E-state index in [4.69, 9.17) is 5.11 Å². The topological polar surface area (TPSA) is 75.4 Å². The first-order valence-corrected chi connectivity index (χ1v) is 6.28. The number of benzene rings is 2. The van der Waals surface area contributed by atoms with Gasteiger partial charge in [0.05, 0.1) is 11.5 Å². The number of nitro groups is 1. The van der Waals surface area contributed by atoms with E-state index >= 15 is 0 Å². The monoisotopic (exact) mass is 272 g/mol. The molecule has 0 aliphatic carbocycles. The van der Waals surface area contributed by atoms with Crippen LogP contribution in [0.2, 0.25) is 0 Å². The maximum absolute atomic E-state index is 10.7. The minimum absolute atomic E-state index is 0.0369. The SMILES string of the molecule is Cc1cc([N+](=O)[O-])ccc1NCc1ccc(CO)cc1. The van der Waals surface area contributed by atoms with Gasteiger partial charge in [0.25, 0.3) is 5.69 Å². The number of rotatable bonds is 5. The van der Waals surface area contributed by atoms with Crippen molar-refractivity contribution in [1.29, 1.82) is 0 Å². The fourth-order valence-corrected chi connectivity index (χ4v) is 1.92. The quantitative estimate of drug-likeness (QED) is 0.648. The van der Waals surface area contributed by atoms with Crippen LogP contribution < -0.4 is 5.32 Å². The van der Waals surface area contributed by atoms with Crippen LogP contribution in [-0.2, 0) is 13.2 Å². The summed E-state index contributed by atoms with van der Waals surface area (Å²) in [4.78, 5) is 10.3. The Kier molecular flexibility index (Phi) is 4.32. The van der Waals surface area contributed by atoms with E-state index in [0.717, 1.165) is 22.4 Å². The molecule has 0 saturated heterocycles. The zero-order valence-electron chi connectivity index (χ0n) is 11.2. The van der Waals surface area contributed by atoms with Crippen molar-refractivity contribution in [3.8, 4) is 0 Å². The molecule has 0 amide bonds.